The Labute approximate surface area is 89.6 Å². The van der Waals surface area contributed by atoms with Gasteiger partial charge >= 0.3 is 0 Å². The zero-order chi connectivity index (χ0) is 10.9. The number of fused-ring (bicyclic) bond motifs is 1. The maximum absolute atomic E-state index is 9.26. The van der Waals surface area contributed by atoms with Crippen LogP contribution in [-0.2, 0) is 0 Å². The van der Waals surface area contributed by atoms with Crippen molar-refractivity contribution >= 4 is 0 Å². The van der Waals surface area contributed by atoms with Crippen molar-refractivity contribution in [1.82, 2.24) is 0 Å². The standard InChI is InChI=1S/C12H16O3/c1-12(2,8-13)11-7-14-9-5-3-4-6-10(9)15-11/h3-6,11,13H,7-8H2,1-2H3. The molecule has 1 N–H and O–H groups in total. The average Bonchev–Trinajstić information content (AvgIpc) is 2.28. The zero-order valence-corrected chi connectivity index (χ0v) is 9.06. The average molecular weight is 208 g/mol. The number of hydrogen-bond acceptors (Lipinski definition) is 3. The van der Waals surface area contributed by atoms with Gasteiger partial charge < -0.3 is 14.6 Å². The summed E-state index contributed by atoms with van der Waals surface area (Å²) in [6, 6.07) is 7.60. The summed E-state index contributed by atoms with van der Waals surface area (Å²) in [5, 5.41) is 9.26. The maximum atomic E-state index is 9.26. The van der Waals surface area contributed by atoms with E-state index in [9.17, 15) is 5.11 Å². The fourth-order valence-corrected chi connectivity index (χ4v) is 1.51. The summed E-state index contributed by atoms with van der Waals surface area (Å²) in [4.78, 5) is 0. The van der Waals surface area contributed by atoms with Crippen molar-refractivity contribution < 1.29 is 14.6 Å². The first kappa shape index (κ1) is 10.3. The predicted octanol–water partition coefficient (Wildman–Crippen LogP) is 1.84. The Hall–Kier alpha value is -1.22. The summed E-state index contributed by atoms with van der Waals surface area (Å²) in [5.74, 6) is 1.54. The third kappa shape index (κ3) is 1.92. The molecule has 1 heterocycles. The number of ether oxygens (including phenoxy) is 2. The highest BCUT2D eigenvalue weighted by molar-refractivity contribution is 5.40. The fourth-order valence-electron chi connectivity index (χ4n) is 1.51. The summed E-state index contributed by atoms with van der Waals surface area (Å²) >= 11 is 0. The van der Waals surface area contributed by atoms with Gasteiger partial charge in [0.05, 0.1) is 6.61 Å². The molecule has 82 valence electrons. The van der Waals surface area contributed by atoms with E-state index in [-0.39, 0.29) is 18.1 Å². The van der Waals surface area contributed by atoms with Crippen molar-refractivity contribution in [3.63, 3.8) is 0 Å². The van der Waals surface area contributed by atoms with Gasteiger partial charge in [0.2, 0.25) is 0 Å². The van der Waals surface area contributed by atoms with Crippen LogP contribution in [0.15, 0.2) is 24.3 Å². The lowest BCUT2D eigenvalue weighted by atomic mass is 9.87. The molecule has 0 saturated heterocycles. The summed E-state index contributed by atoms with van der Waals surface area (Å²) in [5.41, 5.74) is -0.284. The topological polar surface area (TPSA) is 38.7 Å². The van der Waals surface area contributed by atoms with Crippen molar-refractivity contribution in [1.29, 1.82) is 0 Å². The lowest BCUT2D eigenvalue weighted by Gasteiger charge is -2.36. The predicted molar refractivity (Wildman–Crippen MR) is 57.2 cm³/mol. The summed E-state index contributed by atoms with van der Waals surface area (Å²) in [6.45, 7) is 4.51. The Bertz CT molecular complexity index is 346. The Balaban J connectivity index is 2.19. The number of benzene rings is 1. The monoisotopic (exact) mass is 208 g/mol. The summed E-state index contributed by atoms with van der Waals surface area (Å²) in [6.07, 6.45) is -0.0996. The van der Waals surface area contributed by atoms with Gasteiger partial charge in [0.1, 0.15) is 12.7 Å². The van der Waals surface area contributed by atoms with Gasteiger partial charge in [-0.1, -0.05) is 26.0 Å². The van der Waals surface area contributed by atoms with Gasteiger partial charge in [0, 0.05) is 5.41 Å². The third-order valence-electron chi connectivity index (χ3n) is 2.79. The van der Waals surface area contributed by atoms with Crippen LogP contribution in [0.5, 0.6) is 11.5 Å². The highest BCUT2D eigenvalue weighted by atomic mass is 16.6. The largest absolute Gasteiger partial charge is 0.486 e. The van der Waals surface area contributed by atoms with E-state index in [1.807, 2.05) is 38.1 Å². The number of aliphatic hydroxyl groups excluding tert-OH is 1. The van der Waals surface area contributed by atoms with Crippen LogP contribution in [0.2, 0.25) is 0 Å². The van der Waals surface area contributed by atoms with Gasteiger partial charge in [-0.15, -0.1) is 0 Å². The third-order valence-corrected chi connectivity index (χ3v) is 2.79. The first-order valence-electron chi connectivity index (χ1n) is 5.13. The minimum absolute atomic E-state index is 0.0865. The van der Waals surface area contributed by atoms with E-state index in [0.29, 0.717) is 6.61 Å². The number of aliphatic hydroxyl groups is 1. The highest BCUT2D eigenvalue weighted by Crippen LogP contribution is 2.35. The zero-order valence-electron chi connectivity index (χ0n) is 9.06. The van der Waals surface area contributed by atoms with E-state index in [0.717, 1.165) is 11.5 Å². The molecule has 0 aromatic heterocycles. The number of hydrogen-bond donors (Lipinski definition) is 1. The van der Waals surface area contributed by atoms with Crippen LogP contribution in [0.4, 0.5) is 0 Å². The molecule has 1 aliphatic heterocycles. The van der Waals surface area contributed by atoms with E-state index in [1.165, 1.54) is 0 Å². The highest BCUT2D eigenvalue weighted by Gasteiger charge is 2.34. The van der Waals surface area contributed by atoms with Gasteiger partial charge in [-0.05, 0) is 12.1 Å². The molecule has 1 aromatic carbocycles. The van der Waals surface area contributed by atoms with E-state index in [2.05, 4.69) is 0 Å². The molecule has 0 fully saturated rings. The second kappa shape index (κ2) is 3.74. The van der Waals surface area contributed by atoms with Gasteiger partial charge in [0.25, 0.3) is 0 Å². The van der Waals surface area contributed by atoms with Crippen LogP contribution >= 0.6 is 0 Å². The molecular formula is C12H16O3. The number of para-hydroxylation sites is 2. The van der Waals surface area contributed by atoms with Crippen molar-refractivity contribution in [3.8, 4) is 11.5 Å². The normalized spacial score (nSPS) is 20.1. The molecule has 0 spiro atoms. The van der Waals surface area contributed by atoms with Crippen molar-refractivity contribution in [3.05, 3.63) is 24.3 Å². The van der Waals surface area contributed by atoms with Crippen LogP contribution in [0.25, 0.3) is 0 Å². The van der Waals surface area contributed by atoms with Crippen molar-refractivity contribution in [2.45, 2.75) is 20.0 Å². The molecule has 0 amide bonds. The molecule has 0 saturated carbocycles. The maximum Gasteiger partial charge on any atom is 0.161 e. The molecule has 0 aliphatic carbocycles. The molecule has 1 aromatic rings. The van der Waals surface area contributed by atoms with E-state index in [1.54, 1.807) is 0 Å². The fraction of sp³-hybridized carbons (Fsp3) is 0.500. The van der Waals surface area contributed by atoms with Gasteiger partial charge in [0.15, 0.2) is 11.5 Å². The Morgan fingerprint density at radius 2 is 2.00 bits per heavy atom. The minimum Gasteiger partial charge on any atom is -0.486 e. The smallest absolute Gasteiger partial charge is 0.161 e. The molecule has 0 radical (unpaired) electrons. The molecule has 3 heteroatoms. The van der Waals surface area contributed by atoms with Crippen LogP contribution < -0.4 is 9.47 Å². The second-order valence-corrected chi connectivity index (χ2v) is 4.51. The van der Waals surface area contributed by atoms with Crippen LogP contribution in [0, 0.1) is 5.41 Å². The molecule has 15 heavy (non-hydrogen) atoms. The van der Waals surface area contributed by atoms with Gasteiger partial charge in [-0.2, -0.15) is 0 Å². The van der Waals surface area contributed by atoms with E-state index >= 15 is 0 Å². The summed E-state index contributed by atoms with van der Waals surface area (Å²) in [7, 11) is 0. The Morgan fingerprint density at radius 3 is 2.67 bits per heavy atom. The van der Waals surface area contributed by atoms with Crippen molar-refractivity contribution in [2.75, 3.05) is 13.2 Å². The van der Waals surface area contributed by atoms with Gasteiger partial charge in [-0.25, -0.2) is 0 Å². The van der Waals surface area contributed by atoms with E-state index in [4.69, 9.17) is 9.47 Å². The minimum atomic E-state index is -0.284. The lowest BCUT2D eigenvalue weighted by Crippen LogP contribution is -2.43. The molecular weight excluding hydrogens is 192 g/mol. The molecule has 1 unspecified atom stereocenters. The molecule has 3 nitrogen and oxygen atoms in total. The Kier molecular flexibility index (Phi) is 2.57. The second-order valence-electron chi connectivity index (χ2n) is 4.51. The lowest BCUT2D eigenvalue weighted by molar-refractivity contribution is -0.0210. The summed E-state index contributed by atoms with van der Waals surface area (Å²) < 4.78 is 11.4. The van der Waals surface area contributed by atoms with Crippen LogP contribution in [0.3, 0.4) is 0 Å². The van der Waals surface area contributed by atoms with Crippen LogP contribution in [-0.4, -0.2) is 24.4 Å². The number of rotatable bonds is 2. The first-order chi connectivity index (χ1) is 7.13. The quantitative estimate of drug-likeness (QED) is 0.806. The SMILES string of the molecule is CC(C)(CO)C1COc2ccccc2O1. The Morgan fingerprint density at radius 1 is 1.33 bits per heavy atom. The first-order valence-corrected chi connectivity index (χ1v) is 5.13. The molecule has 1 aliphatic rings. The molecule has 1 atom stereocenters. The van der Waals surface area contributed by atoms with E-state index < -0.39 is 0 Å². The molecule has 2 rings (SSSR count). The molecule has 0 bridgehead atoms. The van der Waals surface area contributed by atoms with Crippen molar-refractivity contribution in [2.24, 2.45) is 5.41 Å². The van der Waals surface area contributed by atoms with Crippen LogP contribution in [0.1, 0.15) is 13.8 Å². The van der Waals surface area contributed by atoms with Gasteiger partial charge in [-0.3, -0.25) is 0 Å².